The monoisotopic (exact) mass is 375 g/mol. The van der Waals surface area contributed by atoms with Crippen LogP contribution < -0.4 is 9.64 Å². The number of piperazine rings is 1. The molecule has 2 aliphatic rings. The first-order valence-electron chi connectivity index (χ1n) is 9.69. The Morgan fingerprint density at radius 2 is 2.00 bits per heavy atom. The highest BCUT2D eigenvalue weighted by Crippen LogP contribution is 2.29. The van der Waals surface area contributed by atoms with Gasteiger partial charge in [0.05, 0.1) is 18.4 Å². The molecule has 1 saturated heterocycles. The lowest BCUT2D eigenvalue weighted by Gasteiger charge is -2.37. The van der Waals surface area contributed by atoms with Crippen molar-refractivity contribution >= 4 is 17.4 Å². The maximum absolute atomic E-state index is 11.7. The van der Waals surface area contributed by atoms with Crippen LogP contribution in [0.3, 0.4) is 0 Å². The SMILES string of the molecule is CCOC(=O)C1=NOC(CN2CCN(c3ccccc3OC(C)C)CC2)C1. The van der Waals surface area contributed by atoms with E-state index in [1.807, 2.05) is 26.0 Å². The zero-order chi connectivity index (χ0) is 19.2. The predicted molar refractivity (Wildman–Crippen MR) is 104 cm³/mol. The molecule has 1 fully saturated rings. The molecule has 1 unspecified atom stereocenters. The summed E-state index contributed by atoms with van der Waals surface area (Å²) in [4.78, 5) is 21.9. The number of anilines is 1. The van der Waals surface area contributed by atoms with E-state index in [9.17, 15) is 4.79 Å². The van der Waals surface area contributed by atoms with Crippen LogP contribution in [-0.2, 0) is 14.4 Å². The van der Waals surface area contributed by atoms with Crippen molar-refractivity contribution in [1.29, 1.82) is 0 Å². The lowest BCUT2D eigenvalue weighted by molar-refractivity contribution is -0.135. The molecule has 0 radical (unpaired) electrons. The number of carbonyl (C=O) groups is 1. The van der Waals surface area contributed by atoms with Crippen molar-refractivity contribution in [3.05, 3.63) is 24.3 Å². The summed E-state index contributed by atoms with van der Waals surface area (Å²) in [7, 11) is 0. The van der Waals surface area contributed by atoms with Crippen LogP contribution in [0.2, 0.25) is 0 Å². The highest BCUT2D eigenvalue weighted by Gasteiger charge is 2.30. The fraction of sp³-hybridized carbons (Fsp3) is 0.600. The molecule has 0 spiro atoms. The molecule has 3 rings (SSSR count). The highest BCUT2D eigenvalue weighted by atomic mass is 16.6. The molecule has 0 aromatic heterocycles. The maximum atomic E-state index is 11.7. The number of benzene rings is 1. The van der Waals surface area contributed by atoms with E-state index in [-0.39, 0.29) is 18.2 Å². The summed E-state index contributed by atoms with van der Waals surface area (Å²) in [5.74, 6) is 0.569. The predicted octanol–water partition coefficient (Wildman–Crippen LogP) is 2.30. The van der Waals surface area contributed by atoms with Gasteiger partial charge in [-0.3, -0.25) is 4.90 Å². The zero-order valence-corrected chi connectivity index (χ0v) is 16.4. The Labute approximate surface area is 160 Å². The minimum atomic E-state index is -0.369. The molecule has 7 heteroatoms. The lowest BCUT2D eigenvalue weighted by Crippen LogP contribution is -2.48. The summed E-state index contributed by atoms with van der Waals surface area (Å²) < 4.78 is 10.9. The average Bonchev–Trinajstić information content (AvgIpc) is 3.11. The summed E-state index contributed by atoms with van der Waals surface area (Å²) in [5, 5.41) is 3.89. The minimum Gasteiger partial charge on any atom is -0.489 e. The van der Waals surface area contributed by atoms with Crippen molar-refractivity contribution in [1.82, 2.24) is 4.90 Å². The summed E-state index contributed by atoms with van der Waals surface area (Å²) in [6.07, 6.45) is 0.595. The first-order chi connectivity index (χ1) is 13.1. The van der Waals surface area contributed by atoms with Crippen LogP contribution in [0.4, 0.5) is 5.69 Å². The van der Waals surface area contributed by atoms with Gasteiger partial charge in [0.2, 0.25) is 0 Å². The molecule has 1 atom stereocenters. The van der Waals surface area contributed by atoms with E-state index >= 15 is 0 Å². The quantitative estimate of drug-likeness (QED) is 0.682. The van der Waals surface area contributed by atoms with Gasteiger partial charge in [-0.25, -0.2) is 4.79 Å². The largest absolute Gasteiger partial charge is 0.489 e. The molecule has 0 aliphatic carbocycles. The second kappa shape index (κ2) is 9.08. The first-order valence-corrected chi connectivity index (χ1v) is 9.69. The third-order valence-electron chi connectivity index (χ3n) is 4.65. The number of carbonyl (C=O) groups excluding carboxylic acids is 1. The van der Waals surface area contributed by atoms with Crippen molar-refractivity contribution in [2.24, 2.45) is 5.16 Å². The van der Waals surface area contributed by atoms with Gasteiger partial charge in [0.25, 0.3) is 0 Å². The molecule has 0 N–H and O–H groups in total. The average molecular weight is 375 g/mol. The molecule has 2 heterocycles. The van der Waals surface area contributed by atoms with Gasteiger partial charge in [0.1, 0.15) is 11.9 Å². The van der Waals surface area contributed by atoms with E-state index in [1.54, 1.807) is 6.92 Å². The van der Waals surface area contributed by atoms with Crippen molar-refractivity contribution in [3.8, 4) is 5.75 Å². The second-order valence-electron chi connectivity index (χ2n) is 7.11. The van der Waals surface area contributed by atoms with Gasteiger partial charge in [-0.1, -0.05) is 17.3 Å². The number of hydrogen-bond acceptors (Lipinski definition) is 7. The van der Waals surface area contributed by atoms with Gasteiger partial charge in [0.15, 0.2) is 5.71 Å². The number of oxime groups is 1. The summed E-state index contributed by atoms with van der Waals surface area (Å²) in [6.45, 7) is 10.7. The smallest absolute Gasteiger partial charge is 0.356 e. The fourth-order valence-electron chi connectivity index (χ4n) is 3.39. The molecule has 1 aromatic rings. The van der Waals surface area contributed by atoms with Crippen LogP contribution in [0.15, 0.2) is 29.4 Å². The van der Waals surface area contributed by atoms with E-state index in [0.29, 0.717) is 18.7 Å². The van der Waals surface area contributed by atoms with Crippen LogP contribution >= 0.6 is 0 Å². The van der Waals surface area contributed by atoms with E-state index in [4.69, 9.17) is 14.3 Å². The summed E-state index contributed by atoms with van der Waals surface area (Å²) >= 11 is 0. The van der Waals surface area contributed by atoms with E-state index in [1.165, 1.54) is 0 Å². The Morgan fingerprint density at radius 1 is 1.26 bits per heavy atom. The van der Waals surface area contributed by atoms with Crippen molar-refractivity contribution < 1.29 is 19.1 Å². The number of esters is 1. The molecule has 0 bridgehead atoms. The second-order valence-corrected chi connectivity index (χ2v) is 7.11. The molecular weight excluding hydrogens is 346 g/mol. The number of para-hydroxylation sites is 2. The number of ether oxygens (including phenoxy) is 2. The Bertz CT molecular complexity index is 669. The molecule has 148 valence electrons. The normalized spacial score (nSPS) is 20.4. The van der Waals surface area contributed by atoms with E-state index in [0.717, 1.165) is 44.2 Å². The molecule has 0 amide bonds. The Morgan fingerprint density at radius 3 is 2.70 bits per heavy atom. The van der Waals surface area contributed by atoms with Crippen LogP contribution in [0, 0.1) is 0 Å². The van der Waals surface area contributed by atoms with Crippen LogP contribution in [0.5, 0.6) is 5.75 Å². The molecule has 1 aromatic carbocycles. The third kappa shape index (κ3) is 5.13. The lowest BCUT2D eigenvalue weighted by atomic mass is 10.1. The number of rotatable bonds is 7. The van der Waals surface area contributed by atoms with E-state index < -0.39 is 0 Å². The maximum Gasteiger partial charge on any atom is 0.356 e. The van der Waals surface area contributed by atoms with Crippen LogP contribution in [-0.4, -0.2) is 68.1 Å². The number of nitrogens with zero attached hydrogens (tertiary/aromatic N) is 3. The van der Waals surface area contributed by atoms with Gasteiger partial charge in [-0.15, -0.1) is 0 Å². The Hall–Kier alpha value is -2.28. The van der Waals surface area contributed by atoms with E-state index in [2.05, 4.69) is 27.1 Å². The van der Waals surface area contributed by atoms with Gasteiger partial charge in [-0.2, -0.15) is 0 Å². The Balaban J connectivity index is 1.48. The molecule has 7 nitrogen and oxygen atoms in total. The van der Waals surface area contributed by atoms with Crippen molar-refractivity contribution in [3.63, 3.8) is 0 Å². The standard InChI is InChI=1S/C20H29N3O4/c1-4-25-20(24)17-13-16(27-21-17)14-22-9-11-23(12-10-22)18-7-5-6-8-19(18)26-15(2)3/h5-8,15-16H,4,9-14H2,1-3H3. The van der Waals surface area contributed by atoms with Gasteiger partial charge in [-0.05, 0) is 32.9 Å². The minimum absolute atomic E-state index is 0.0764. The first kappa shape index (κ1) is 19.5. The fourth-order valence-corrected chi connectivity index (χ4v) is 3.39. The van der Waals surface area contributed by atoms with Gasteiger partial charge in [0, 0.05) is 39.1 Å². The molecule has 27 heavy (non-hydrogen) atoms. The molecule has 2 aliphatic heterocycles. The molecular formula is C20H29N3O4. The topological polar surface area (TPSA) is 63.6 Å². The summed E-state index contributed by atoms with van der Waals surface area (Å²) in [5.41, 5.74) is 1.54. The Kier molecular flexibility index (Phi) is 6.55. The van der Waals surface area contributed by atoms with Crippen LogP contribution in [0.25, 0.3) is 0 Å². The molecule has 0 saturated carbocycles. The van der Waals surface area contributed by atoms with Crippen molar-refractivity contribution in [2.45, 2.75) is 39.4 Å². The third-order valence-corrected chi connectivity index (χ3v) is 4.65. The zero-order valence-electron chi connectivity index (χ0n) is 16.4. The number of hydrogen-bond donors (Lipinski definition) is 0. The summed E-state index contributed by atoms with van der Waals surface area (Å²) in [6, 6.07) is 8.21. The highest BCUT2D eigenvalue weighted by molar-refractivity contribution is 6.36. The van der Waals surface area contributed by atoms with Crippen LogP contribution in [0.1, 0.15) is 27.2 Å². The van der Waals surface area contributed by atoms with Crippen molar-refractivity contribution in [2.75, 3.05) is 44.2 Å². The van der Waals surface area contributed by atoms with Gasteiger partial charge >= 0.3 is 5.97 Å². The van der Waals surface area contributed by atoms with Gasteiger partial charge < -0.3 is 19.2 Å².